The normalized spacial score (nSPS) is 10.9. The van der Waals surface area contributed by atoms with E-state index in [-0.39, 0.29) is 0 Å². The number of aryl methyl sites for hydroxylation is 1. The van der Waals surface area contributed by atoms with Crippen LogP contribution in [0.5, 0.6) is 0 Å². The summed E-state index contributed by atoms with van der Waals surface area (Å²) < 4.78 is 0. The molecule has 84 valence electrons. The Bertz CT molecular complexity index is 666. The molecule has 0 amide bonds. The molecular weight excluding hydrogens is 208 g/mol. The maximum Gasteiger partial charge on any atom is 0.0509 e. The second-order valence-corrected chi connectivity index (χ2v) is 4.29. The van der Waals surface area contributed by atoms with Crippen molar-refractivity contribution in [3.63, 3.8) is 0 Å². The first kappa shape index (κ1) is 9.97. The van der Waals surface area contributed by atoms with Gasteiger partial charge in [0.2, 0.25) is 0 Å². The van der Waals surface area contributed by atoms with Gasteiger partial charge in [-0.2, -0.15) is 0 Å². The van der Waals surface area contributed by atoms with Crippen molar-refractivity contribution < 1.29 is 0 Å². The van der Waals surface area contributed by atoms with E-state index in [1.54, 1.807) is 0 Å². The Labute approximate surface area is 100 Å². The lowest BCUT2D eigenvalue weighted by molar-refractivity contribution is 1.41. The second-order valence-electron chi connectivity index (χ2n) is 4.29. The Morgan fingerprint density at radius 1 is 1.00 bits per heavy atom. The number of anilines is 1. The molecule has 0 saturated carbocycles. The lowest BCUT2D eigenvalue weighted by atomic mass is 10.1. The van der Waals surface area contributed by atoms with Crippen LogP contribution in [0.3, 0.4) is 0 Å². The first-order valence-electron chi connectivity index (χ1n) is 5.69. The van der Waals surface area contributed by atoms with Crippen molar-refractivity contribution >= 4 is 16.6 Å². The monoisotopic (exact) mass is 222 g/mol. The smallest absolute Gasteiger partial charge is 0.0509 e. The van der Waals surface area contributed by atoms with Crippen molar-refractivity contribution in [3.05, 3.63) is 54.1 Å². The van der Waals surface area contributed by atoms with E-state index in [0.29, 0.717) is 0 Å². The fraction of sp³-hybridized carbons (Fsp3) is 0.0667. The zero-order chi connectivity index (χ0) is 11.8. The zero-order valence-corrected chi connectivity index (χ0v) is 9.70. The molecule has 0 aliphatic carbocycles. The molecule has 0 fully saturated rings. The lowest BCUT2D eigenvalue weighted by Crippen LogP contribution is -1.89. The van der Waals surface area contributed by atoms with Crippen LogP contribution in [0.1, 0.15) is 5.56 Å². The highest BCUT2D eigenvalue weighted by Gasteiger charge is 2.06. The van der Waals surface area contributed by atoms with Crippen LogP contribution in [0.15, 0.2) is 48.5 Å². The van der Waals surface area contributed by atoms with Gasteiger partial charge < -0.3 is 10.7 Å². The van der Waals surface area contributed by atoms with Gasteiger partial charge >= 0.3 is 0 Å². The van der Waals surface area contributed by atoms with E-state index in [9.17, 15) is 0 Å². The van der Waals surface area contributed by atoms with E-state index in [1.165, 1.54) is 10.9 Å². The predicted molar refractivity (Wildman–Crippen MR) is 72.9 cm³/mol. The van der Waals surface area contributed by atoms with E-state index in [4.69, 9.17) is 5.73 Å². The van der Waals surface area contributed by atoms with Crippen molar-refractivity contribution in [2.45, 2.75) is 6.92 Å². The fourth-order valence-electron chi connectivity index (χ4n) is 2.13. The van der Waals surface area contributed by atoms with Crippen molar-refractivity contribution in [1.29, 1.82) is 0 Å². The van der Waals surface area contributed by atoms with Crippen molar-refractivity contribution in [2.75, 3.05) is 5.73 Å². The minimum atomic E-state index is 0.832. The van der Waals surface area contributed by atoms with Gasteiger partial charge in [-0.05, 0) is 30.2 Å². The van der Waals surface area contributed by atoms with Gasteiger partial charge in [-0.3, -0.25) is 0 Å². The average molecular weight is 222 g/mol. The Kier molecular flexibility index (Phi) is 2.15. The number of nitrogen functional groups attached to an aromatic ring is 1. The second kappa shape index (κ2) is 3.67. The van der Waals surface area contributed by atoms with Crippen LogP contribution in [-0.4, -0.2) is 4.98 Å². The summed E-state index contributed by atoms with van der Waals surface area (Å²) in [6.07, 6.45) is 0. The average Bonchev–Trinajstić information content (AvgIpc) is 2.80. The van der Waals surface area contributed by atoms with Crippen LogP contribution in [0.25, 0.3) is 22.2 Å². The molecule has 1 heterocycles. The SMILES string of the molecule is Cc1c(N)ccc2cc(-c3ccccc3)[nH]c12. The highest BCUT2D eigenvalue weighted by atomic mass is 14.7. The van der Waals surface area contributed by atoms with Gasteiger partial charge in [-0.25, -0.2) is 0 Å². The van der Waals surface area contributed by atoms with Crippen LogP contribution in [-0.2, 0) is 0 Å². The summed E-state index contributed by atoms with van der Waals surface area (Å²) in [5.41, 5.74) is 11.3. The summed E-state index contributed by atoms with van der Waals surface area (Å²) in [6, 6.07) is 16.5. The Hall–Kier alpha value is -2.22. The Morgan fingerprint density at radius 3 is 2.53 bits per heavy atom. The standard InChI is InChI=1S/C15H14N2/c1-10-13(16)8-7-12-9-14(17-15(10)12)11-5-3-2-4-6-11/h2-9,17H,16H2,1H3. The van der Waals surface area contributed by atoms with Crippen LogP contribution >= 0.6 is 0 Å². The summed E-state index contributed by atoms with van der Waals surface area (Å²) in [7, 11) is 0. The number of fused-ring (bicyclic) bond motifs is 1. The van der Waals surface area contributed by atoms with Gasteiger partial charge in [-0.15, -0.1) is 0 Å². The molecule has 0 aliphatic rings. The van der Waals surface area contributed by atoms with Crippen LogP contribution < -0.4 is 5.73 Å². The molecule has 3 aromatic rings. The number of hydrogen-bond donors (Lipinski definition) is 2. The van der Waals surface area contributed by atoms with E-state index < -0.39 is 0 Å². The predicted octanol–water partition coefficient (Wildman–Crippen LogP) is 3.73. The number of hydrogen-bond acceptors (Lipinski definition) is 1. The third kappa shape index (κ3) is 1.58. The molecule has 0 bridgehead atoms. The maximum absolute atomic E-state index is 5.91. The highest BCUT2D eigenvalue weighted by molar-refractivity contribution is 5.91. The summed E-state index contributed by atoms with van der Waals surface area (Å²) in [5.74, 6) is 0. The summed E-state index contributed by atoms with van der Waals surface area (Å²) in [6.45, 7) is 2.04. The topological polar surface area (TPSA) is 41.8 Å². The van der Waals surface area contributed by atoms with Gasteiger partial charge in [0.05, 0.1) is 5.52 Å². The summed E-state index contributed by atoms with van der Waals surface area (Å²) in [4.78, 5) is 3.44. The highest BCUT2D eigenvalue weighted by Crippen LogP contribution is 2.28. The molecule has 0 saturated heterocycles. The number of benzene rings is 2. The molecule has 0 unspecified atom stereocenters. The van der Waals surface area contributed by atoms with Gasteiger partial charge in [0.1, 0.15) is 0 Å². The number of nitrogens with one attached hydrogen (secondary N) is 1. The molecule has 2 heteroatoms. The van der Waals surface area contributed by atoms with Gasteiger partial charge in [0, 0.05) is 16.8 Å². The number of aromatic amines is 1. The quantitative estimate of drug-likeness (QED) is 0.605. The summed E-state index contributed by atoms with van der Waals surface area (Å²) in [5, 5.41) is 1.20. The minimum Gasteiger partial charge on any atom is -0.398 e. The first-order valence-corrected chi connectivity index (χ1v) is 5.69. The Balaban J connectivity index is 2.24. The third-order valence-electron chi connectivity index (χ3n) is 3.18. The lowest BCUT2D eigenvalue weighted by Gasteiger charge is -2.00. The number of nitrogens with two attached hydrogens (primary N) is 1. The van der Waals surface area contributed by atoms with Gasteiger partial charge in [0.25, 0.3) is 0 Å². The number of aromatic nitrogens is 1. The molecule has 0 aliphatic heterocycles. The minimum absolute atomic E-state index is 0.832. The number of H-pyrrole nitrogens is 1. The molecule has 2 aromatic carbocycles. The fourth-order valence-corrected chi connectivity index (χ4v) is 2.13. The van der Waals surface area contributed by atoms with Crippen LogP contribution in [0.2, 0.25) is 0 Å². The molecule has 0 atom stereocenters. The maximum atomic E-state index is 5.91. The van der Waals surface area contributed by atoms with Gasteiger partial charge in [-0.1, -0.05) is 36.4 Å². The molecule has 0 radical (unpaired) electrons. The molecule has 2 nitrogen and oxygen atoms in total. The number of rotatable bonds is 1. The zero-order valence-electron chi connectivity index (χ0n) is 9.70. The van der Waals surface area contributed by atoms with Gasteiger partial charge in [0.15, 0.2) is 0 Å². The van der Waals surface area contributed by atoms with Crippen molar-refractivity contribution in [3.8, 4) is 11.3 Å². The molecule has 1 aromatic heterocycles. The van der Waals surface area contributed by atoms with Crippen LogP contribution in [0, 0.1) is 6.92 Å². The largest absolute Gasteiger partial charge is 0.398 e. The first-order chi connectivity index (χ1) is 8.25. The van der Waals surface area contributed by atoms with E-state index in [2.05, 4.69) is 29.2 Å². The van der Waals surface area contributed by atoms with Crippen LogP contribution in [0.4, 0.5) is 5.69 Å². The van der Waals surface area contributed by atoms with Crippen molar-refractivity contribution in [2.24, 2.45) is 0 Å². The molecular formula is C15H14N2. The van der Waals surface area contributed by atoms with Crippen molar-refractivity contribution in [1.82, 2.24) is 4.98 Å². The molecule has 3 N–H and O–H groups in total. The van der Waals surface area contributed by atoms with E-state index in [1.807, 2.05) is 31.2 Å². The Morgan fingerprint density at radius 2 is 1.76 bits per heavy atom. The van der Waals surface area contributed by atoms with E-state index >= 15 is 0 Å². The molecule has 3 rings (SSSR count). The summed E-state index contributed by atoms with van der Waals surface area (Å²) >= 11 is 0. The molecule has 0 spiro atoms. The molecule has 17 heavy (non-hydrogen) atoms. The third-order valence-corrected chi connectivity index (χ3v) is 3.18. The van der Waals surface area contributed by atoms with E-state index in [0.717, 1.165) is 22.5 Å².